The van der Waals surface area contributed by atoms with Crippen LogP contribution in [0.5, 0.6) is 0 Å². The monoisotopic (exact) mass is 373 g/mol. The summed E-state index contributed by atoms with van der Waals surface area (Å²) >= 11 is 11.8. The van der Waals surface area contributed by atoms with Gasteiger partial charge in [0.15, 0.2) is 6.04 Å². The molecular weight excluding hydrogens is 357 g/mol. The SMILES string of the molecule is C[C@H]([NH2+][C@@H](C)c1ccc(F)cc1F)C(=O)Nc1ccc(Cl)cc1Cl. The van der Waals surface area contributed by atoms with Crippen LogP contribution in [-0.2, 0) is 4.79 Å². The molecule has 0 fully saturated rings. The van der Waals surface area contributed by atoms with Crippen LogP contribution in [-0.4, -0.2) is 11.9 Å². The second-order valence-corrected chi connectivity index (χ2v) is 6.39. The molecule has 0 bridgehead atoms. The smallest absolute Gasteiger partial charge is 0.282 e. The third-order valence-electron chi connectivity index (χ3n) is 3.63. The number of carbonyl (C=O) groups is 1. The molecule has 0 aliphatic heterocycles. The lowest BCUT2D eigenvalue weighted by Gasteiger charge is -2.17. The summed E-state index contributed by atoms with van der Waals surface area (Å²) in [6, 6.07) is 7.31. The van der Waals surface area contributed by atoms with Gasteiger partial charge in [0.2, 0.25) is 0 Å². The average molecular weight is 374 g/mol. The predicted octanol–water partition coefficient (Wildman–Crippen LogP) is 3.92. The van der Waals surface area contributed by atoms with Gasteiger partial charge < -0.3 is 10.6 Å². The summed E-state index contributed by atoms with van der Waals surface area (Å²) in [7, 11) is 0. The Morgan fingerprint density at radius 2 is 1.83 bits per heavy atom. The van der Waals surface area contributed by atoms with Crippen molar-refractivity contribution in [1.29, 1.82) is 0 Å². The summed E-state index contributed by atoms with van der Waals surface area (Å²) < 4.78 is 26.8. The maximum Gasteiger partial charge on any atom is 0.282 e. The number of carbonyl (C=O) groups excluding carboxylic acids is 1. The Hall–Kier alpha value is -1.69. The van der Waals surface area contributed by atoms with Gasteiger partial charge in [-0.2, -0.15) is 0 Å². The molecular formula is C17H17Cl2F2N2O+. The third-order valence-corrected chi connectivity index (χ3v) is 4.18. The van der Waals surface area contributed by atoms with Crippen LogP contribution in [0.1, 0.15) is 25.5 Å². The molecule has 0 saturated carbocycles. The molecule has 0 aliphatic rings. The van der Waals surface area contributed by atoms with Crippen LogP contribution >= 0.6 is 23.2 Å². The number of nitrogens with two attached hydrogens (primary N) is 1. The van der Waals surface area contributed by atoms with Crippen LogP contribution in [0.25, 0.3) is 0 Å². The van der Waals surface area contributed by atoms with E-state index in [1.165, 1.54) is 18.2 Å². The number of quaternary nitrogens is 1. The molecule has 1 amide bonds. The van der Waals surface area contributed by atoms with Crippen molar-refractivity contribution in [2.75, 3.05) is 5.32 Å². The first-order valence-corrected chi connectivity index (χ1v) is 8.09. The molecule has 128 valence electrons. The normalized spacial score (nSPS) is 13.4. The number of hydrogen-bond donors (Lipinski definition) is 2. The number of benzene rings is 2. The molecule has 0 unspecified atom stereocenters. The molecule has 0 aromatic heterocycles. The fourth-order valence-corrected chi connectivity index (χ4v) is 2.79. The minimum Gasteiger partial charge on any atom is -0.330 e. The van der Waals surface area contributed by atoms with Gasteiger partial charge in [-0.05, 0) is 44.2 Å². The first-order chi connectivity index (χ1) is 11.3. The van der Waals surface area contributed by atoms with Crippen molar-refractivity contribution in [2.45, 2.75) is 25.9 Å². The first-order valence-electron chi connectivity index (χ1n) is 7.33. The summed E-state index contributed by atoms with van der Waals surface area (Å²) in [5.74, 6) is -1.55. The Kier molecular flexibility index (Phi) is 6.15. The van der Waals surface area contributed by atoms with Gasteiger partial charge in [-0.15, -0.1) is 0 Å². The van der Waals surface area contributed by atoms with E-state index >= 15 is 0 Å². The van der Waals surface area contributed by atoms with E-state index in [4.69, 9.17) is 23.2 Å². The molecule has 2 aromatic carbocycles. The van der Waals surface area contributed by atoms with Crippen molar-refractivity contribution in [3.63, 3.8) is 0 Å². The molecule has 3 nitrogen and oxygen atoms in total. The highest BCUT2D eigenvalue weighted by molar-refractivity contribution is 6.36. The standard InChI is InChI=1S/C17H16Cl2F2N2O/c1-9(13-5-4-12(20)8-15(13)21)22-10(2)17(24)23-16-6-3-11(18)7-14(16)19/h3-10,22H,1-2H3,(H,23,24)/p+1/t9-,10-/m0/s1. The van der Waals surface area contributed by atoms with Crippen molar-refractivity contribution in [1.82, 2.24) is 0 Å². The fraction of sp³-hybridized carbons (Fsp3) is 0.235. The van der Waals surface area contributed by atoms with Crippen molar-refractivity contribution >= 4 is 34.8 Å². The van der Waals surface area contributed by atoms with E-state index < -0.39 is 17.7 Å². The van der Waals surface area contributed by atoms with Gasteiger partial charge in [0, 0.05) is 16.7 Å². The second-order valence-electron chi connectivity index (χ2n) is 5.55. The Labute approximate surface area is 149 Å². The summed E-state index contributed by atoms with van der Waals surface area (Å²) in [5, 5.41) is 5.20. The highest BCUT2D eigenvalue weighted by atomic mass is 35.5. The van der Waals surface area contributed by atoms with Gasteiger partial charge in [-0.25, -0.2) is 8.78 Å². The van der Waals surface area contributed by atoms with E-state index in [1.807, 2.05) is 0 Å². The molecule has 0 radical (unpaired) electrons. The lowest BCUT2D eigenvalue weighted by molar-refractivity contribution is -0.710. The van der Waals surface area contributed by atoms with Crippen molar-refractivity contribution in [3.05, 3.63) is 63.6 Å². The zero-order valence-corrected chi connectivity index (χ0v) is 14.6. The summed E-state index contributed by atoms with van der Waals surface area (Å²) in [6.07, 6.45) is 0. The van der Waals surface area contributed by atoms with Gasteiger partial charge in [0.25, 0.3) is 5.91 Å². The highest BCUT2D eigenvalue weighted by Crippen LogP contribution is 2.25. The van der Waals surface area contributed by atoms with Crippen LogP contribution in [0.4, 0.5) is 14.5 Å². The van der Waals surface area contributed by atoms with Gasteiger partial charge in [-0.3, -0.25) is 4.79 Å². The van der Waals surface area contributed by atoms with Crippen molar-refractivity contribution in [2.24, 2.45) is 0 Å². The van der Waals surface area contributed by atoms with E-state index in [0.717, 1.165) is 6.07 Å². The van der Waals surface area contributed by atoms with E-state index in [1.54, 1.807) is 31.3 Å². The van der Waals surface area contributed by atoms with E-state index in [2.05, 4.69) is 5.32 Å². The lowest BCUT2D eigenvalue weighted by atomic mass is 10.1. The van der Waals surface area contributed by atoms with Crippen LogP contribution in [0, 0.1) is 11.6 Å². The largest absolute Gasteiger partial charge is 0.330 e. The number of nitrogens with one attached hydrogen (secondary N) is 1. The maximum atomic E-state index is 13.8. The maximum absolute atomic E-state index is 13.8. The van der Waals surface area contributed by atoms with Gasteiger partial charge in [0.1, 0.15) is 17.7 Å². The number of hydrogen-bond acceptors (Lipinski definition) is 1. The summed E-state index contributed by atoms with van der Waals surface area (Å²) in [6.45, 7) is 3.44. The van der Waals surface area contributed by atoms with Crippen LogP contribution in [0.3, 0.4) is 0 Å². The van der Waals surface area contributed by atoms with Gasteiger partial charge >= 0.3 is 0 Å². The first kappa shape index (κ1) is 18.6. The molecule has 7 heteroatoms. The van der Waals surface area contributed by atoms with Crippen LogP contribution < -0.4 is 10.6 Å². The van der Waals surface area contributed by atoms with Crippen molar-refractivity contribution < 1.29 is 18.9 Å². The quantitative estimate of drug-likeness (QED) is 0.819. The fourth-order valence-electron chi connectivity index (χ4n) is 2.33. The Morgan fingerprint density at radius 3 is 2.46 bits per heavy atom. The number of rotatable bonds is 5. The molecule has 0 heterocycles. The Balaban J connectivity index is 2.02. The number of amides is 1. The lowest BCUT2D eigenvalue weighted by Crippen LogP contribution is -2.91. The molecule has 2 aromatic rings. The topological polar surface area (TPSA) is 45.7 Å². The zero-order valence-electron chi connectivity index (χ0n) is 13.1. The summed E-state index contributed by atoms with van der Waals surface area (Å²) in [4.78, 5) is 12.3. The molecule has 24 heavy (non-hydrogen) atoms. The van der Waals surface area contributed by atoms with E-state index in [9.17, 15) is 13.6 Å². The van der Waals surface area contributed by atoms with Crippen molar-refractivity contribution in [3.8, 4) is 0 Å². The molecule has 0 saturated heterocycles. The van der Waals surface area contributed by atoms with E-state index in [0.29, 0.717) is 21.3 Å². The third kappa shape index (κ3) is 4.66. The number of halogens is 4. The molecule has 2 rings (SSSR count). The molecule has 3 N–H and O–H groups in total. The number of anilines is 1. The van der Waals surface area contributed by atoms with Crippen LogP contribution in [0.15, 0.2) is 36.4 Å². The van der Waals surface area contributed by atoms with Gasteiger partial charge in [-0.1, -0.05) is 23.2 Å². The zero-order chi connectivity index (χ0) is 17.9. The Bertz CT molecular complexity index is 755. The van der Waals surface area contributed by atoms with Crippen LogP contribution in [0.2, 0.25) is 10.0 Å². The minimum atomic E-state index is -0.633. The predicted molar refractivity (Wildman–Crippen MR) is 91.3 cm³/mol. The molecule has 2 atom stereocenters. The minimum absolute atomic E-state index is 0.284. The molecule has 0 aliphatic carbocycles. The van der Waals surface area contributed by atoms with E-state index in [-0.39, 0.29) is 11.9 Å². The average Bonchev–Trinajstić information content (AvgIpc) is 2.49. The Morgan fingerprint density at radius 1 is 1.12 bits per heavy atom. The highest BCUT2D eigenvalue weighted by Gasteiger charge is 2.23. The second kappa shape index (κ2) is 7.92. The van der Waals surface area contributed by atoms with Gasteiger partial charge in [0.05, 0.1) is 10.7 Å². The summed E-state index contributed by atoms with van der Waals surface area (Å²) in [5.41, 5.74) is 0.785. The molecule has 0 spiro atoms.